The number of nitrogens with one attached hydrogen (secondary N) is 1. The molecule has 2 aromatic carbocycles. The fourth-order valence-corrected chi connectivity index (χ4v) is 5.47. The number of carboxylic acid groups (broad SMARTS) is 1. The molecule has 1 atom stereocenters. The van der Waals surface area contributed by atoms with Gasteiger partial charge in [-0.3, -0.25) is 14.4 Å². The van der Waals surface area contributed by atoms with E-state index in [1.807, 2.05) is 25.7 Å². The summed E-state index contributed by atoms with van der Waals surface area (Å²) in [6.45, 7) is 6.53. The molecule has 2 N–H and O–H groups in total. The molecule has 1 unspecified atom stereocenters. The largest absolute Gasteiger partial charge is 0.478 e. The van der Waals surface area contributed by atoms with Crippen LogP contribution in [0.4, 0.5) is 10.1 Å². The van der Waals surface area contributed by atoms with Gasteiger partial charge < -0.3 is 25.1 Å². The van der Waals surface area contributed by atoms with Gasteiger partial charge in [-0.05, 0) is 67.1 Å². The Bertz CT molecular complexity index is 1270. The average Bonchev–Trinajstić information content (AvgIpc) is 3.16. The topological polar surface area (TPSA) is 110 Å². The first-order chi connectivity index (χ1) is 18.5. The minimum absolute atomic E-state index is 0.0445. The highest BCUT2D eigenvalue weighted by molar-refractivity contribution is 5.98. The van der Waals surface area contributed by atoms with Crippen LogP contribution in [0.2, 0.25) is 0 Å². The summed E-state index contributed by atoms with van der Waals surface area (Å²) in [4.78, 5) is 56.4. The van der Waals surface area contributed by atoms with E-state index in [0.717, 1.165) is 11.3 Å². The van der Waals surface area contributed by atoms with Crippen LogP contribution in [0.15, 0.2) is 42.5 Å². The molecule has 0 radical (unpaired) electrons. The number of carbonyl (C=O) groups is 4. The normalized spacial score (nSPS) is 17.6. The average molecular weight is 539 g/mol. The summed E-state index contributed by atoms with van der Waals surface area (Å²) in [6, 6.07) is 9.99. The molecule has 2 fully saturated rings. The number of likely N-dealkylation sites (tertiary alicyclic amines) is 1. The minimum atomic E-state index is -1.02. The van der Waals surface area contributed by atoms with Crippen molar-refractivity contribution in [3.63, 3.8) is 0 Å². The van der Waals surface area contributed by atoms with Gasteiger partial charge in [0, 0.05) is 25.8 Å². The van der Waals surface area contributed by atoms with Crippen LogP contribution in [0.3, 0.4) is 0 Å². The maximum atomic E-state index is 14.4. The lowest BCUT2D eigenvalue weighted by atomic mass is 9.85. The zero-order valence-corrected chi connectivity index (χ0v) is 22.7. The Morgan fingerprint density at radius 2 is 1.72 bits per heavy atom. The summed E-state index contributed by atoms with van der Waals surface area (Å²) in [5.41, 5.74) is 0.783. The number of rotatable bonds is 7. The number of nitrogens with zero attached hydrogens (tertiary/aromatic N) is 3. The van der Waals surface area contributed by atoms with E-state index in [1.165, 1.54) is 24.3 Å². The highest BCUT2D eigenvalue weighted by atomic mass is 19.1. The van der Waals surface area contributed by atoms with Gasteiger partial charge in [-0.1, -0.05) is 26.8 Å². The number of carbonyl (C=O) groups excluding carboxylic acids is 3. The predicted octanol–water partition coefficient (Wildman–Crippen LogP) is 3.14. The van der Waals surface area contributed by atoms with Gasteiger partial charge in [0.2, 0.25) is 11.8 Å². The monoisotopic (exact) mass is 538 g/mol. The molecule has 2 aromatic rings. The fraction of sp³-hybridized carbons (Fsp3) is 0.448. The molecule has 3 amide bonds. The molecule has 10 heteroatoms. The van der Waals surface area contributed by atoms with Gasteiger partial charge in [0.05, 0.1) is 17.8 Å². The van der Waals surface area contributed by atoms with Crippen LogP contribution >= 0.6 is 0 Å². The molecule has 0 bridgehead atoms. The lowest BCUT2D eigenvalue weighted by molar-refractivity contribution is -0.139. The Morgan fingerprint density at radius 3 is 2.28 bits per heavy atom. The molecule has 208 valence electrons. The molecule has 2 aliphatic rings. The zero-order valence-electron chi connectivity index (χ0n) is 22.7. The van der Waals surface area contributed by atoms with Gasteiger partial charge >= 0.3 is 5.97 Å². The van der Waals surface area contributed by atoms with Gasteiger partial charge in [0.25, 0.3) is 5.91 Å². The van der Waals surface area contributed by atoms with Crippen LogP contribution in [-0.4, -0.2) is 77.0 Å². The third-order valence-corrected chi connectivity index (χ3v) is 7.85. The number of hydrogen-bond donors (Lipinski definition) is 2. The summed E-state index contributed by atoms with van der Waals surface area (Å²) >= 11 is 0. The minimum Gasteiger partial charge on any atom is -0.478 e. The standard InChI is InChI=1S/C29H35FN4O5/c1-5-19-6-11-23(30)22(16-19)25(35)31-24(18(2)3)26(36)33-14-12-29(13-15-33)28(39)32(4)17-34(29)21-9-7-20(8-10-21)27(37)38/h6-11,16,18,24H,5,12-15,17H2,1-4H3,(H,31,35)(H,37,38). The molecule has 2 aliphatic heterocycles. The summed E-state index contributed by atoms with van der Waals surface area (Å²) in [6.07, 6.45) is 1.42. The molecule has 2 heterocycles. The highest BCUT2D eigenvalue weighted by Gasteiger charge is 2.53. The summed E-state index contributed by atoms with van der Waals surface area (Å²) in [7, 11) is 1.73. The third kappa shape index (κ3) is 5.32. The van der Waals surface area contributed by atoms with E-state index in [-0.39, 0.29) is 28.9 Å². The van der Waals surface area contributed by atoms with Crippen molar-refractivity contribution in [3.8, 4) is 0 Å². The summed E-state index contributed by atoms with van der Waals surface area (Å²) in [5.74, 6) is -2.84. The number of halogens is 1. The number of amides is 3. The summed E-state index contributed by atoms with van der Waals surface area (Å²) < 4.78 is 14.4. The first-order valence-corrected chi connectivity index (χ1v) is 13.2. The summed E-state index contributed by atoms with van der Waals surface area (Å²) in [5, 5.41) is 12.0. The van der Waals surface area contributed by atoms with Gasteiger partial charge in [-0.15, -0.1) is 0 Å². The molecule has 0 saturated carbocycles. The number of likely N-dealkylation sites (N-methyl/N-ethyl adjacent to an activating group) is 1. The molecule has 0 aromatic heterocycles. The first kappa shape index (κ1) is 28.1. The van der Waals surface area contributed by atoms with Gasteiger partial charge in [-0.25, -0.2) is 9.18 Å². The van der Waals surface area contributed by atoms with Crippen LogP contribution in [0, 0.1) is 11.7 Å². The number of benzene rings is 2. The third-order valence-electron chi connectivity index (χ3n) is 7.85. The number of carboxylic acids is 1. The van der Waals surface area contributed by atoms with E-state index in [2.05, 4.69) is 5.32 Å². The van der Waals surface area contributed by atoms with Crippen LogP contribution in [0.5, 0.6) is 0 Å². The first-order valence-electron chi connectivity index (χ1n) is 13.2. The van der Waals surface area contributed by atoms with Crippen LogP contribution < -0.4 is 10.2 Å². The maximum Gasteiger partial charge on any atom is 0.335 e. The molecule has 2 saturated heterocycles. The molecule has 4 rings (SSSR count). The lowest BCUT2D eigenvalue weighted by Crippen LogP contribution is -2.60. The van der Waals surface area contributed by atoms with E-state index in [4.69, 9.17) is 0 Å². The van der Waals surface area contributed by atoms with E-state index in [9.17, 15) is 28.7 Å². The quantitative estimate of drug-likeness (QED) is 0.561. The van der Waals surface area contributed by atoms with Crippen molar-refractivity contribution in [2.45, 2.75) is 51.6 Å². The molecule has 9 nitrogen and oxygen atoms in total. The molecular formula is C29H35FN4O5. The number of anilines is 1. The van der Waals surface area contributed by atoms with Gasteiger partial charge in [0.1, 0.15) is 17.4 Å². The SMILES string of the molecule is CCc1ccc(F)c(C(=O)NC(C(=O)N2CCC3(CC2)C(=O)N(C)CN3c2ccc(C(=O)O)cc2)C(C)C)c1. The second-order valence-electron chi connectivity index (χ2n) is 10.6. The van der Waals surface area contributed by atoms with Crippen molar-refractivity contribution in [3.05, 3.63) is 65.0 Å². The maximum absolute atomic E-state index is 14.4. The molecule has 0 aliphatic carbocycles. The van der Waals surface area contributed by atoms with Crippen molar-refractivity contribution in [2.24, 2.45) is 5.92 Å². The van der Waals surface area contributed by atoms with E-state index < -0.39 is 29.3 Å². The van der Waals surface area contributed by atoms with Crippen molar-refractivity contribution in [1.29, 1.82) is 0 Å². The van der Waals surface area contributed by atoms with E-state index >= 15 is 0 Å². The number of piperidine rings is 1. The van der Waals surface area contributed by atoms with Crippen molar-refractivity contribution in [2.75, 3.05) is 31.7 Å². The van der Waals surface area contributed by atoms with Crippen LogP contribution in [-0.2, 0) is 16.0 Å². The van der Waals surface area contributed by atoms with Crippen molar-refractivity contribution in [1.82, 2.24) is 15.1 Å². The van der Waals surface area contributed by atoms with E-state index in [1.54, 1.807) is 35.0 Å². The predicted molar refractivity (Wildman–Crippen MR) is 144 cm³/mol. The number of aromatic carboxylic acids is 1. The Balaban J connectivity index is 1.50. The number of hydrogen-bond acceptors (Lipinski definition) is 5. The van der Waals surface area contributed by atoms with Crippen LogP contribution in [0.25, 0.3) is 0 Å². The highest BCUT2D eigenvalue weighted by Crippen LogP contribution is 2.39. The smallest absolute Gasteiger partial charge is 0.335 e. The van der Waals surface area contributed by atoms with E-state index in [0.29, 0.717) is 39.0 Å². The number of aryl methyl sites for hydroxylation is 1. The Kier molecular flexibility index (Phi) is 7.94. The zero-order chi connectivity index (χ0) is 28.5. The lowest BCUT2D eigenvalue weighted by Gasteiger charge is -2.44. The molecule has 1 spiro atoms. The molecule has 39 heavy (non-hydrogen) atoms. The Hall–Kier alpha value is -3.95. The second-order valence-corrected chi connectivity index (χ2v) is 10.6. The fourth-order valence-electron chi connectivity index (χ4n) is 5.47. The van der Waals surface area contributed by atoms with Gasteiger partial charge in [-0.2, -0.15) is 0 Å². The second kappa shape index (κ2) is 11.0. The Morgan fingerprint density at radius 1 is 1.08 bits per heavy atom. The molecular weight excluding hydrogens is 503 g/mol. The van der Waals surface area contributed by atoms with Crippen molar-refractivity contribution < 1.29 is 28.7 Å². The van der Waals surface area contributed by atoms with Gasteiger partial charge in [0.15, 0.2) is 0 Å². The van der Waals surface area contributed by atoms with Crippen LogP contribution in [0.1, 0.15) is 59.9 Å². The van der Waals surface area contributed by atoms with Crippen molar-refractivity contribution >= 4 is 29.4 Å². The Labute approximate surface area is 227 Å².